The Morgan fingerprint density at radius 1 is 1.26 bits per heavy atom. The van der Waals surface area contributed by atoms with Crippen molar-refractivity contribution in [3.05, 3.63) is 52.7 Å². The fraction of sp³-hybridized carbons (Fsp3) is 0.235. The van der Waals surface area contributed by atoms with E-state index in [0.717, 1.165) is 5.69 Å². The van der Waals surface area contributed by atoms with Crippen molar-refractivity contribution in [3.63, 3.8) is 0 Å². The van der Waals surface area contributed by atoms with Gasteiger partial charge in [-0.1, -0.05) is 6.07 Å². The number of hydroxylamine groups is 1. The van der Waals surface area contributed by atoms with Gasteiger partial charge in [0.2, 0.25) is 0 Å². The highest BCUT2D eigenvalue weighted by molar-refractivity contribution is 7.17. The Bertz CT molecular complexity index is 1010. The van der Waals surface area contributed by atoms with Gasteiger partial charge in [0.25, 0.3) is 11.8 Å². The third kappa shape index (κ3) is 3.20. The van der Waals surface area contributed by atoms with Gasteiger partial charge in [0.05, 0.1) is 17.9 Å². The van der Waals surface area contributed by atoms with Crippen molar-refractivity contribution < 1.29 is 14.8 Å². The molecule has 9 nitrogen and oxygen atoms in total. The molecule has 0 bridgehead atoms. The average Bonchev–Trinajstić information content (AvgIpc) is 3.30. The van der Waals surface area contributed by atoms with Gasteiger partial charge in [-0.3, -0.25) is 19.8 Å². The molecule has 0 fully saturated rings. The molecule has 0 unspecified atom stereocenters. The fourth-order valence-electron chi connectivity index (χ4n) is 2.93. The zero-order valence-corrected chi connectivity index (χ0v) is 15.2. The van der Waals surface area contributed by atoms with E-state index in [1.165, 1.54) is 11.3 Å². The van der Waals surface area contributed by atoms with Crippen LogP contribution in [0.3, 0.4) is 0 Å². The van der Waals surface area contributed by atoms with Crippen molar-refractivity contribution >= 4 is 23.2 Å². The molecule has 138 valence electrons. The minimum Gasteiger partial charge on any atom is -0.331 e. The molecule has 0 saturated carbocycles. The number of carbonyl (C=O) groups excluding carboxylic acids is 2. The number of rotatable bonds is 3. The minimum absolute atomic E-state index is 0.116. The molecule has 3 aromatic heterocycles. The van der Waals surface area contributed by atoms with Crippen LogP contribution in [-0.4, -0.2) is 48.0 Å². The number of carbonyl (C=O) groups is 2. The van der Waals surface area contributed by atoms with Crippen LogP contribution in [0.1, 0.15) is 31.7 Å². The quantitative estimate of drug-likeness (QED) is 0.522. The molecule has 0 aromatic carbocycles. The van der Waals surface area contributed by atoms with E-state index < -0.39 is 5.91 Å². The Morgan fingerprint density at radius 3 is 2.85 bits per heavy atom. The van der Waals surface area contributed by atoms with Gasteiger partial charge in [-0.2, -0.15) is 0 Å². The molecule has 4 rings (SSSR count). The lowest BCUT2D eigenvalue weighted by Gasteiger charge is -2.27. The van der Waals surface area contributed by atoms with Crippen LogP contribution < -0.4 is 5.48 Å². The molecule has 1 aliphatic rings. The number of pyridine rings is 1. The highest BCUT2D eigenvalue weighted by Gasteiger charge is 2.27. The third-order valence-corrected chi connectivity index (χ3v) is 5.47. The van der Waals surface area contributed by atoms with Crippen LogP contribution in [0.5, 0.6) is 0 Å². The molecule has 0 saturated heterocycles. The van der Waals surface area contributed by atoms with Crippen molar-refractivity contribution in [1.29, 1.82) is 0 Å². The van der Waals surface area contributed by atoms with Gasteiger partial charge < -0.3 is 9.47 Å². The predicted molar refractivity (Wildman–Crippen MR) is 96.3 cm³/mol. The van der Waals surface area contributed by atoms with Gasteiger partial charge in [-0.25, -0.2) is 15.4 Å². The number of aromatic nitrogens is 4. The summed E-state index contributed by atoms with van der Waals surface area (Å²) in [5.41, 5.74) is 3.09. The van der Waals surface area contributed by atoms with Crippen LogP contribution >= 0.6 is 11.3 Å². The van der Waals surface area contributed by atoms with Crippen LogP contribution in [0.25, 0.3) is 10.7 Å². The molecular formula is C17H16N6O3S. The number of fused-ring (bicyclic) bond motifs is 1. The van der Waals surface area contributed by atoms with E-state index in [9.17, 15) is 9.59 Å². The second-order valence-electron chi connectivity index (χ2n) is 6.05. The van der Waals surface area contributed by atoms with Crippen LogP contribution in [0.2, 0.25) is 0 Å². The topological polar surface area (TPSA) is 113 Å². The van der Waals surface area contributed by atoms with Gasteiger partial charge in [-0.15, -0.1) is 11.3 Å². The molecule has 1 aliphatic heterocycles. The molecule has 2 amide bonds. The first-order valence-electron chi connectivity index (χ1n) is 8.25. The summed E-state index contributed by atoms with van der Waals surface area (Å²) in [6, 6.07) is 5.57. The van der Waals surface area contributed by atoms with Gasteiger partial charge in [0.1, 0.15) is 21.4 Å². The fourth-order valence-corrected chi connectivity index (χ4v) is 3.94. The Hall–Kier alpha value is -3.11. The Labute approximate surface area is 158 Å². The number of hydrogen-bond donors (Lipinski definition) is 2. The lowest BCUT2D eigenvalue weighted by Crippen LogP contribution is -2.38. The Kier molecular flexibility index (Phi) is 4.42. The smallest absolute Gasteiger partial charge is 0.294 e. The SMILES string of the molecule is Cc1nc(-c2ccccn2)sc1C(=O)N1CCn2cc(C(=O)NO)nc2C1. The summed E-state index contributed by atoms with van der Waals surface area (Å²) in [5.74, 6) is -0.192. The Morgan fingerprint density at radius 2 is 2.11 bits per heavy atom. The molecule has 0 atom stereocenters. The van der Waals surface area contributed by atoms with Crippen molar-refractivity contribution in [3.8, 4) is 10.7 Å². The van der Waals surface area contributed by atoms with Gasteiger partial charge >= 0.3 is 0 Å². The first kappa shape index (κ1) is 17.3. The second kappa shape index (κ2) is 6.89. The minimum atomic E-state index is -0.673. The van der Waals surface area contributed by atoms with Crippen LogP contribution in [0, 0.1) is 6.92 Å². The van der Waals surface area contributed by atoms with E-state index in [2.05, 4.69) is 15.0 Å². The van der Waals surface area contributed by atoms with E-state index in [4.69, 9.17) is 5.21 Å². The van der Waals surface area contributed by atoms with Crippen molar-refractivity contribution in [2.75, 3.05) is 6.54 Å². The maximum atomic E-state index is 13.0. The van der Waals surface area contributed by atoms with Crippen molar-refractivity contribution in [2.45, 2.75) is 20.0 Å². The zero-order chi connectivity index (χ0) is 19.0. The average molecular weight is 384 g/mol. The summed E-state index contributed by atoms with van der Waals surface area (Å²) < 4.78 is 1.81. The highest BCUT2D eigenvalue weighted by Crippen LogP contribution is 2.28. The van der Waals surface area contributed by atoms with Crippen LogP contribution in [0.15, 0.2) is 30.6 Å². The molecule has 10 heteroatoms. The predicted octanol–water partition coefficient (Wildman–Crippen LogP) is 1.49. The normalized spacial score (nSPS) is 13.3. The lowest BCUT2D eigenvalue weighted by molar-refractivity contribution is 0.0700. The van der Waals surface area contributed by atoms with E-state index in [-0.39, 0.29) is 18.1 Å². The molecule has 2 N–H and O–H groups in total. The summed E-state index contributed by atoms with van der Waals surface area (Å²) in [5, 5.41) is 9.45. The molecule has 0 aliphatic carbocycles. The number of hydrogen-bond acceptors (Lipinski definition) is 7. The van der Waals surface area contributed by atoms with E-state index in [1.54, 1.807) is 22.8 Å². The number of imidazole rings is 1. The summed E-state index contributed by atoms with van der Waals surface area (Å²) in [7, 11) is 0. The van der Waals surface area contributed by atoms with Gasteiger partial charge in [0.15, 0.2) is 0 Å². The second-order valence-corrected chi connectivity index (χ2v) is 7.05. The van der Waals surface area contributed by atoms with Crippen LogP contribution in [0.4, 0.5) is 0 Å². The third-order valence-electron chi connectivity index (χ3n) is 4.30. The zero-order valence-electron chi connectivity index (χ0n) is 14.4. The summed E-state index contributed by atoms with van der Waals surface area (Å²) in [6.45, 7) is 3.12. The number of thiazole rings is 1. The maximum Gasteiger partial charge on any atom is 0.294 e. The number of amides is 2. The molecular weight excluding hydrogens is 368 g/mol. The lowest BCUT2D eigenvalue weighted by atomic mass is 10.3. The molecule has 27 heavy (non-hydrogen) atoms. The summed E-state index contributed by atoms with van der Waals surface area (Å²) in [6.07, 6.45) is 3.26. The van der Waals surface area contributed by atoms with E-state index in [0.29, 0.717) is 34.5 Å². The van der Waals surface area contributed by atoms with Gasteiger partial charge in [-0.05, 0) is 19.1 Å². The highest BCUT2D eigenvalue weighted by atomic mass is 32.1. The number of nitrogens with zero attached hydrogens (tertiary/aromatic N) is 5. The van der Waals surface area contributed by atoms with Crippen molar-refractivity contribution in [1.82, 2.24) is 29.9 Å². The van der Waals surface area contributed by atoms with Gasteiger partial charge in [0, 0.05) is 25.5 Å². The maximum absolute atomic E-state index is 13.0. The van der Waals surface area contributed by atoms with Crippen LogP contribution in [-0.2, 0) is 13.1 Å². The first-order valence-corrected chi connectivity index (χ1v) is 9.07. The number of aryl methyl sites for hydroxylation is 1. The van der Waals surface area contributed by atoms with E-state index >= 15 is 0 Å². The van der Waals surface area contributed by atoms with Crippen molar-refractivity contribution in [2.24, 2.45) is 0 Å². The molecule has 0 spiro atoms. The summed E-state index contributed by atoms with van der Waals surface area (Å²) in [4.78, 5) is 39.7. The first-order chi connectivity index (χ1) is 13.1. The molecule has 4 heterocycles. The Balaban J connectivity index is 1.57. The van der Waals surface area contributed by atoms with E-state index in [1.807, 2.05) is 29.7 Å². The molecule has 3 aromatic rings. The molecule has 0 radical (unpaired) electrons. The largest absolute Gasteiger partial charge is 0.331 e. The summed E-state index contributed by atoms with van der Waals surface area (Å²) >= 11 is 1.32. The monoisotopic (exact) mass is 384 g/mol. The number of nitrogens with one attached hydrogen (secondary N) is 1. The standard InChI is InChI=1S/C17H16N6O3S/c1-10-14(27-16(19-10)11-4-2-3-5-18-11)17(25)23-7-6-22-8-12(15(24)21-26)20-13(22)9-23/h2-5,8,26H,6-7,9H2,1H3,(H,21,24).